The lowest BCUT2D eigenvalue weighted by Crippen LogP contribution is -2.33. The maximum Gasteiger partial charge on any atom is 0.233 e. The van der Waals surface area contributed by atoms with E-state index in [9.17, 15) is 9.90 Å². The summed E-state index contributed by atoms with van der Waals surface area (Å²) >= 11 is 0. The molecule has 0 spiro atoms. The maximum absolute atomic E-state index is 11.2. The fourth-order valence-corrected chi connectivity index (χ4v) is 1.40. The van der Waals surface area contributed by atoms with E-state index in [0.29, 0.717) is 24.4 Å². The van der Waals surface area contributed by atoms with Crippen molar-refractivity contribution in [2.45, 2.75) is 13.5 Å². The fourth-order valence-electron chi connectivity index (χ4n) is 1.40. The average Bonchev–Trinajstić information content (AvgIpc) is 2.32. The van der Waals surface area contributed by atoms with E-state index >= 15 is 0 Å². The van der Waals surface area contributed by atoms with Crippen molar-refractivity contribution >= 4 is 5.91 Å². The second-order valence-electron chi connectivity index (χ2n) is 3.55. The van der Waals surface area contributed by atoms with E-state index in [1.165, 1.54) is 0 Å². The molecule has 0 bridgehead atoms. The Morgan fingerprint density at radius 1 is 1.47 bits per heavy atom. The van der Waals surface area contributed by atoms with Crippen LogP contribution in [0, 0.1) is 0 Å². The zero-order valence-corrected chi connectivity index (χ0v) is 10.1. The highest BCUT2D eigenvalue weighted by atomic mass is 16.5. The molecule has 0 fully saturated rings. The lowest BCUT2D eigenvalue weighted by molar-refractivity contribution is -0.120. The smallest absolute Gasteiger partial charge is 0.233 e. The minimum Gasteiger partial charge on any atom is -0.508 e. The predicted octanol–water partition coefficient (Wildman–Crippen LogP) is 0.626. The number of hydrogen-bond donors (Lipinski definition) is 3. The highest BCUT2D eigenvalue weighted by Gasteiger charge is 2.04. The molecular weight excluding hydrogens is 220 g/mol. The lowest BCUT2D eigenvalue weighted by atomic mass is 10.2. The molecule has 0 aliphatic rings. The summed E-state index contributed by atoms with van der Waals surface area (Å²) in [5.41, 5.74) is 0.702. The summed E-state index contributed by atoms with van der Waals surface area (Å²) in [7, 11) is 1.57. The Labute approximate surface area is 101 Å². The van der Waals surface area contributed by atoms with Crippen LogP contribution in [-0.4, -0.2) is 31.2 Å². The number of carbonyl (C=O) groups excluding carboxylic acids is 1. The third kappa shape index (κ3) is 4.32. The number of rotatable bonds is 6. The van der Waals surface area contributed by atoms with Crippen LogP contribution in [0.25, 0.3) is 0 Å². The molecule has 0 aliphatic heterocycles. The maximum atomic E-state index is 11.2. The van der Waals surface area contributed by atoms with E-state index in [1.807, 2.05) is 6.92 Å². The van der Waals surface area contributed by atoms with Gasteiger partial charge in [-0.3, -0.25) is 4.79 Å². The highest BCUT2D eigenvalue weighted by molar-refractivity contribution is 5.77. The largest absolute Gasteiger partial charge is 0.508 e. The minimum atomic E-state index is -0.0603. The van der Waals surface area contributed by atoms with E-state index in [1.54, 1.807) is 25.3 Å². The van der Waals surface area contributed by atoms with E-state index in [2.05, 4.69) is 10.6 Å². The molecular formula is C12H18N2O3. The summed E-state index contributed by atoms with van der Waals surface area (Å²) in [4.78, 5) is 11.2. The minimum absolute atomic E-state index is 0.0603. The van der Waals surface area contributed by atoms with Crippen molar-refractivity contribution in [3.05, 3.63) is 23.8 Å². The van der Waals surface area contributed by atoms with E-state index in [4.69, 9.17) is 4.74 Å². The van der Waals surface area contributed by atoms with Crippen LogP contribution < -0.4 is 15.4 Å². The summed E-state index contributed by atoms with van der Waals surface area (Å²) in [6, 6.07) is 4.99. The van der Waals surface area contributed by atoms with Gasteiger partial charge in [0.1, 0.15) is 11.5 Å². The third-order valence-electron chi connectivity index (χ3n) is 2.26. The molecule has 17 heavy (non-hydrogen) atoms. The van der Waals surface area contributed by atoms with Crippen LogP contribution in [0.1, 0.15) is 12.5 Å². The summed E-state index contributed by atoms with van der Waals surface area (Å²) < 4.78 is 5.06. The van der Waals surface area contributed by atoms with E-state index in [0.717, 1.165) is 0 Å². The van der Waals surface area contributed by atoms with Crippen LogP contribution in [0.15, 0.2) is 18.2 Å². The Balaban J connectivity index is 2.48. The number of likely N-dealkylation sites (N-methyl/N-ethyl adjacent to an activating group) is 1. The molecule has 0 radical (unpaired) electrons. The zero-order chi connectivity index (χ0) is 12.7. The summed E-state index contributed by atoms with van der Waals surface area (Å²) in [6.07, 6.45) is 0. The van der Waals surface area contributed by atoms with Gasteiger partial charge in [-0.15, -0.1) is 0 Å². The lowest BCUT2D eigenvalue weighted by Gasteiger charge is -2.08. The zero-order valence-electron chi connectivity index (χ0n) is 10.1. The van der Waals surface area contributed by atoms with Gasteiger partial charge in [0.05, 0.1) is 13.7 Å². The Kier molecular flexibility index (Phi) is 5.29. The summed E-state index contributed by atoms with van der Waals surface area (Å²) in [5.74, 6) is 0.807. The van der Waals surface area contributed by atoms with Crippen LogP contribution in [0.2, 0.25) is 0 Å². The highest BCUT2D eigenvalue weighted by Crippen LogP contribution is 2.22. The fraction of sp³-hybridized carbons (Fsp3) is 0.417. The van der Waals surface area contributed by atoms with Crippen molar-refractivity contribution in [1.82, 2.24) is 10.6 Å². The summed E-state index contributed by atoms with van der Waals surface area (Å²) in [5, 5.41) is 15.2. The monoisotopic (exact) mass is 238 g/mol. The van der Waals surface area contributed by atoms with Gasteiger partial charge < -0.3 is 20.5 Å². The van der Waals surface area contributed by atoms with Crippen molar-refractivity contribution in [2.24, 2.45) is 0 Å². The molecule has 94 valence electrons. The van der Waals surface area contributed by atoms with E-state index in [-0.39, 0.29) is 18.2 Å². The van der Waals surface area contributed by atoms with Crippen LogP contribution in [-0.2, 0) is 11.3 Å². The van der Waals surface area contributed by atoms with Gasteiger partial charge in [0.15, 0.2) is 0 Å². The SMILES string of the molecule is CCNC(=O)CNCc1cc(OC)ccc1O. The number of nitrogens with one attached hydrogen (secondary N) is 2. The standard InChI is InChI=1S/C12H18N2O3/c1-3-14-12(16)8-13-7-9-6-10(17-2)4-5-11(9)15/h4-6,13,15H,3,7-8H2,1-2H3,(H,14,16). The Morgan fingerprint density at radius 2 is 2.24 bits per heavy atom. The molecule has 1 amide bonds. The third-order valence-corrected chi connectivity index (χ3v) is 2.26. The van der Waals surface area contributed by atoms with Crippen molar-refractivity contribution in [1.29, 1.82) is 0 Å². The van der Waals surface area contributed by atoms with Crippen molar-refractivity contribution in [3.63, 3.8) is 0 Å². The van der Waals surface area contributed by atoms with Crippen molar-refractivity contribution < 1.29 is 14.6 Å². The van der Waals surface area contributed by atoms with E-state index < -0.39 is 0 Å². The van der Waals surface area contributed by atoms with Crippen LogP contribution in [0.5, 0.6) is 11.5 Å². The number of phenols is 1. The van der Waals surface area contributed by atoms with Gasteiger partial charge in [-0.05, 0) is 25.1 Å². The molecule has 0 heterocycles. The first-order valence-electron chi connectivity index (χ1n) is 5.50. The van der Waals surface area contributed by atoms with Gasteiger partial charge in [-0.1, -0.05) is 0 Å². The molecule has 3 N–H and O–H groups in total. The molecule has 0 saturated carbocycles. The Hall–Kier alpha value is -1.75. The Morgan fingerprint density at radius 3 is 2.88 bits per heavy atom. The number of hydrogen-bond acceptors (Lipinski definition) is 4. The number of methoxy groups -OCH3 is 1. The molecule has 1 rings (SSSR count). The molecule has 1 aromatic rings. The average molecular weight is 238 g/mol. The normalized spacial score (nSPS) is 10.0. The molecule has 5 nitrogen and oxygen atoms in total. The number of phenolic OH excluding ortho intramolecular Hbond substituents is 1. The molecule has 1 aromatic carbocycles. The molecule has 0 aromatic heterocycles. The van der Waals surface area contributed by atoms with Gasteiger partial charge in [-0.2, -0.15) is 0 Å². The first-order valence-corrected chi connectivity index (χ1v) is 5.50. The Bertz CT molecular complexity index is 380. The number of amides is 1. The van der Waals surface area contributed by atoms with Gasteiger partial charge in [0, 0.05) is 18.7 Å². The van der Waals surface area contributed by atoms with Gasteiger partial charge >= 0.3 is 0 Å². The first-order chi connectivity index (χ1) is 8.17. The number of carbonyl (C=O) groups is 1. The second kappa shape index (κ2) is 6.75. The van der Waals surface area contributed by atoms with Gasteiger partial charge in [-0.25, -0.2) is 0 Å². The van der Waals surface area contributed by atoms with Crippen LogP contribution in [0.3, 0.4) is 0 Å². The number of aromatic hydroxyl groups is 1. The predicted molar refractivity (Wildman–Crippen MR) is 65.0 cm³/mol. The number of benzene rings is 1. The summed E-state index contributed by atoms with van der Waals surface area (Å²) in [6.45, 7) is 3.13. The van der Waals surface area contributed by atoms with Crippen LogP contribution >= 0.6 is 0 Å². The van der Waals surface area contributed by atoms with Crippen LogP contribution in [0.4, 0.5) is 0 Å². The molecule has 5 heteroatoms. The van der Waals surface area contributed by atoms with Crippen molar-refractivity contribution in [2.75, 3.05) is 20.2 Å². The second-order valence-corrected chi connectivity index (χ2v) is 3.55. The van der Waals surface area contributed by atoms with Gasteiger partial charge in [0.25, 0.3) is 0 Å². The topological polar surface area (TPSA) is 70.6 Å². The molecule has 0 atom stereocenters. The quantitative estimate of drug-likeness (QED) is 0.679. The molecule has 0 saturated heterocycles. The first kappa shape index (κ1) is 13.3. The molecule has 0 aliphatic carbocycles. The van der Waals surface area contributed by atoms with Gasteiger partial charge in [0.2, 0.25) is 5.91 Å². The van der Waals surface area contributed by atoms with Crippen molar-refractivity contribution in [3.8, 4) is 11.5 Å². The molecule has 0 unspecified atom stereocenters. The number of ether oxygens (including phenoxy) is 1.